The fraction of sp³-hybridized carbons (Fsp3) is 0.211. The lowest BCUT2D eigenvalue weighted by atomic mass is 10.1. The van der Waals surface area contributed by atoms with Crippen molar-refractivity contribution in [2.24, 2.45) is 0 Å². The molecule has 3 rings (SSSR count). The van der Waals surface area contributed by atoms with E-state index >= 15 is 0 Å². The number of benzene rings is 2. The number of nitrogens with zero attached hydrogens (tertiary/aromatic N) is 2. The third-order valence-electron chi connectivity index (χ3n) is 3.65. The highest BCUT2D eigenvalue weighted by Gasteiger charge is 2.18. The van der Waals surface area contributed by atoms with Crippen LogP contribution in [0.15, 0.2) is 59.2 Å². The molecule has 1 heterocycles. The van der Waals surface area contributed by atoms with E-state index in [9.17, 15) is 4.79 Å². The first kappa shape index (κ1) is 16.7. The molecule has 0 fully saturated rings. The van der Waals surface area contributed by atoms with Gasteiger partial charge in [-0.1, -0.05) is 55.8 Å². The van der Waals surface area contributed by atoms with Gasteiger partial charge >= 0.3 is 0 Å². The summed E-state index contributed by atoms with van der Waals surface area (Å²) in [4.78, 5) is 12.6. The third-order valence-corrected chi connectivity index (χ3v) is 3.65. The summed E-state index contributed by atoms with van der Waals surface area (Å²) in [5, 5.41) is 10.4. The van der Waals surface area contributed by atoms with Crippen LogP contribution < -0.4 is 10.1 Å². The number of nitrogens with one attached hydrogen (secondary N) is 1. The number of aromatic nitrogens is 2. The van der Waals surface area contributed by atoms with E-state index in [1.54, 1.807) is 18.2 Å². The Morgan fingerprint density at radius 2 is 1.84 bits per heavy atom. The predicted molar refractivity (Wildman–Crippen MR) is 94.5 cm³/mol. The number of carbonyl (C=O) groups excluding carboxylic acids is 1. The average Bonchev–Trinajstić information content (AvgIpc) is 3.11. The van der Waals surface area contributed by atoms with Gasteiger partial charge in [0.15, 0.2) is 5.69 Å². The molecule has 0 saturated carbocycles. The number of unbranched alkanes of at least 4 members (excludes halogenated alkanes) is 1. The normalized spacial score (nSPS) is 10.4. The Labute approximate surface area is 145 Å². The maximum atomic E-state index is 12.6. The summed E-state index contributed by atoms with van der Waals surface area (Å²) in [5.41, 5.74) is 1.74. The second kappa shape index (κ2) is 8.10. The first-order valence-electron chi connectivity index (χ1n) is 8.20. The van der Waals surface area contributed by atoms with Gasteiger partial charge in [0.05, 0.1) is 12.2 Å². The number of anilines is 1. The number of para-hydroxylation sites is 1. The van der Waals surface area contributed by atoms with Gasteiger partial charge in [0.1, 0.15) is 5.75 Å². The van der Waals surface area contributed by atoms with Gasteiger partial charge in [0, 0.05) is 5.56 Å². The van der Waals surface area contributed by atoms with Crippen LogP contribution in [-0.2, 0) is 0 Å². The highest BCUT2D eigenvalue weighted by molar-refractivity contribution is 6.06. The molecule has 0 spiro atoms. The molecule has 0 atom stereocenters. The topological polar surface area (TPSA) is 77.2 Å². The minimum atomic E-state index is -0.319. The van der Waals surface area contributed by atoms with Crippen LogP contribution >= 0.6 is 0 Å². The molecule has 1 aromatic heterocycles. The van der Waals surface area contributed by atoms with Gasteiger partial charge in [-0.25, -0.2) is 4.63 Å². The molecule has 6 heteroatoms. The molecular formula is C19H19N3O3. The van der Waals surface area contributed by atoms with Gasteiger partial charge in [0.25, 0.3) is 5.91 Å². The number of amides is 1. The van der Waals surface area contributed by atoms with Gasteiger partial charge in [-0.3, -0.25) is 4.79 Å². The van der Waals surface area contributed by atoms with Crippen molar-refractivity contribution in [2.45, 2.75) is 19.8 Å². The molecule has 0 aliphatic carbocycles. The largest absolute Gasteiger partial charge is 0.493 e. The Morgan fingerprint density at radius 1 is 1.08 bits per heavy atom. The van der Waals surface area contributed by atoms with Crippen molar-refractivity contribution in [2.75, 3.05) is 11.9 Å². The van der Waals surface area contributed by atoms with Crippen molar-refractivity contribution in [3.8, 4) is 17.0 Å². The first-order chi connectivity index (χ1) is 12.3. The molecule has 1 amide bonds. The highest BCUT2D eigenvalue weighted by atomic mass is 16.6. The Kier molecular flexibility index (Phi) is 5.41. The second-order valence-corrected chi connectivity index (χ2v) is 5.48. The zero-order valence-electron chi connectivity index (χ0n) is 13.9. The molecule has 128 valence electrons. The number of carbonyl (C=O) groups is 1. The summed E-state index contributed by atoms with van der Waals surface area (Å²) >= 11 is 0. The van der Waals surface area contributed by atoms with E-state index in [0.29, 0.717) is 23.6 Å². The van der Waals surface area contributed by atoms with Crippen LogP contribution in [0.5, 0.6) is 5.75 Å². The number of hydrogen-bond donors (Lipinski definition) is 1. The van der Waals surface area contributed by atoms with E-state index in [2.05, 4.69) is 22.6 Å². The molecule has 2 aromatic carbocycles. The zero-order valence-corrected chi connectivity index (χ0v) is 13.9. The van der Waals surface area contributed by atoms with Crippen molar-refractivity contribution in [3.63, 3.8) is 0 Å². The monoisotopic (exact) mass is 337 g/mol. The van der Waals surface area contributed by atoms with Crippen molar-refractivity contribution in [1.29, 1.82) is 0 Å². The number of hydrogen-bond acceptors (Lipinski definition) is 5. The van der Waals surface area contributed by atoms with Gasteiger partial charge in [-0.05, 0) is 28.9 Å². The number of rotatable bonds is 7. The number of ether oxygens (including phenoxy) is 1. The Morgan fingerprint density at radius 3 is 2.64 bits per heavy atom. The Hall–Kier alpha value is -3.15. The quantitative estimate of drug-likeness (QED) is 0.655. The van der Waals surface area contributed by atoms with Gasteiger partial charge in [-0.15, -0.1) is 0 Å². The summed E-state index contributed by atoms with van der Waals surface area (Å²) in [6.07, 6.45) is 1.96. The van der Waals surface area contributed by atoms with Crippen LogP contribution in [0.2, 0.25) is 0 Å². The molecule has 0 radical (unpaired) electrons. The molecule has 0 aliphatic heterocycles. The molecule has 25 heavy (non-hydrogen) atoms. The lowest BCUT2D eigenvalue weighted by Crippen LogP contribution is -2.14. The lowest BCUT2D eigenvalue weighted by Gasteiger charge is -2.10. The van der Waals surface area contributed by atoms with Crippen molar-refractivity contribution >= 4 is 11.7 Å². The minimum Gasteiger partial charge on any atom is -0.493 e. The maximum Gasteiger partial charge on any atom is 0.260 e. The average molecular weight is 337 g/mol. The Balaban J connectivity index is 1.79. The van der Waals surface area contributed by atoms with Crippen molar-refractivity contribution < 1.29 is 14.2 Å². The van der Waals surface area contributed by atoms with Crippen molar-refractivity contribution in [3.05, 3.63) is 60.2 Å². The zero-order chi connectivity index (χ0) is 17.5. The van der Waals surface area contributed by atoms with E-state index < -0.39 is 0 Å². The third kappa shape index (κ3) is 4.03. The van der Waals surface area contributed by atoms with E-state index in [-0.39, 0.29) is 11.7 Å². The minimum absolute atomic E-state index is 0.277. The Bertz CT molecular complexity index is 831. The van der Waals surface area contributed by atoms with E-state index in [4.69, 9.17) is 9.37 Å². The molecule has 0 aliphatic rings. The van der Waals surface area contributed by atoms with Gasteiger partial charge in [0.2, 0.25) is 5.82 Å². The molecule has 3 aromatic rings. The predicted octanol–water partition coefficient (Wildman–Crippen LogP) is 4.17. The summed E-state index contributed by atoms with van der Waals surface area (Å²) < 4.78 is 10.5. The van der Waals surface area contributed by atoms with E-state index in [1.165, 1.54) is 0 Å². The first-order valence-corrected chi connectivity index (χ1v) is 8.20. The van der Waals surface area contributed by atoms with Crippen LogP contribution in [0.4, 0.5) is 5.82 Å². The van der Waals surface area contributed by atoms with Crippen molar-refractivity contribution in [1.82, 2.24) is 10.3 Å². The molecule has 0 saturated heterocycles. The van der Waals surface area contributed by atoms with Gasteiger partial charge in [-0.2, -0.15) is 0 Å². The van der Waals surface area contributed by atoms with Crippen LogP contribution in [0, 0.1) is 0 Å². The van der Waals surface area contributed by atoms with E-state index in [0.717, 1.165) is 18.4 Å². The SMILES string of the molecule is CCCCOc1ccccc1C(=O)Nc1nonc1-c1ccccc1. The standard InChI is InChI=1S/C19H19N3O3/c1-2-3-13-24-16-12-8-7-11-15(16)19(23)20-18-17(21-25-22-18)14-9-5-4-6-10-14/h4-12H,2-3,13H2,1H3,(H,20,22,23). The fourth-order valence-electron chi connectivity index (χ4n) is 2.34. The lowest BCUT2D eigenvalue weighted by molar-refractivity contribution is 0.102. The van der Waals surface area contributed by atoms with Crippen LogP contribution in [-0.4, -0.2) is 22.8 Å². The van der Waals surface area contributed by atoms with Crippen LogP contribution in [0.1, 0.15) is 30.1 Å². The highest BCUT2D eigenvalue weighted by Crippen LogP contribution is 2.25. The van der Waals surface area contributed by atoms with E-state index in [1.807, 2.05) is 36.4 Å². The molecular weight excluding hydrogens is 318 g/mol. The van der Waals surface area contributed by atoms with Gasteiger partial charge < -0.3 is 10.1 Å². The summed E-state index contributed by atoms with van der Waals surface area (Å²) in [5.74, 6) is 0.505. The fourth-order valence-corrected chi connectivity index (χ4v) is 2.34. The van der Waals surface area contributed by atoms with Crippen LogP contribution in [0.3, 0.4) is 0 Å². The maximum absolute atomic E-state index is 12.6. The van der Waals surface area contributed by atoms with Crippen LogP contribution in [0.25, 0.3) is 11.3 Å². The molecule has 1 N–H and O–H groups in total. The smallest absolute Gasteiger partial charge is 0.260 e. The second-order valence-electron chi connectivity index (χ2n) is 5.48. The molecule has 0 bridgehead atoms. The summed E-state index contributed by atoms with van der Waals surface area (Å²) in [6.45, 7) is 2.66. The molecule has 6 nitrogen and oxygen atoms in total. The molecule has 0 unspecified atom stereocenters. The summed E-state index contributed by atoms with van der Waals surface area (Å²) in [7, 11) is 0. The summed E-state index contributed by atoms with van der Waals surface area (Å²) in [6, 6.07) is 16.5.